The fourth-order valence-corrected chi connectivity index (χ4v) is 2.53. The van der Waals surface area contributed by atoms with Gasteiger partial charge >= 0.3 is 0 Å². The van der Waals surface area contributed by atoms with Crippen molar-refractivity contribution < 1.29 is 4.79 Å². The van der Waals surface area contributed by atoms with Gasteiger partial charge in [0.25, 0.3) is 0 Å². The predicted molar refractivity (Wildman–Crippen MR) is 72.5 cm³/mol. The standard InChI is InChI=1S/C14H19NOS/c1-10(2)14(16)15-7-5-11-3-4-13(17)9-12(11)6-8-15/h3-4,9-10,17H,5-8H2,1-2H3. The Labute approximate surface area is 108 Å². The quantitative estimate of drug-likeness (QED) is 0.758. The molecule has 0 unspecified atom stereocenters. The summed E-state index contributed by atoms with van der Waals surface area (Å²) in [5.41, 5.74) is 2.71. The van der Waals surface area contributed by atoms with E-state index in [2.05, 4.69) is 24.8 Å². The van der Waals surface area contributed by atoms with Crippen LogP contribution in [0.2, 0.25) is 0 Å². The van der Waals surface area contributed by atoms with Crippen molar-refractivity contribution in [2.75, 3.05) is 13.1 Å². The van der Waals surface area contributed by atoms with Crippen LogP contribution < -0.4 is 0 Å². The minimum absolute atomic E-state index is 0.0941. The second-order valence-electron chi connectivity index (χ2n) is 4.93. The minimum Gasteiger partial charge on any atom is -0.342 e. The van der Waals surface area contributed by atoms with Crippen LogP contribution in [-0.4, -0.2) is 23.9 Å². The predicted octanol–water partition coefficient (Wildman–Crippen LogP) is 2.56. The van der Waals surface area contributed by atoms with Crippen molar-refractivity contribution in [3.8, 4) is 0 Å². The van der Waals surface area contributed by atoms with E-state index in [1.165, 1.54) is 11.1 Å². The number of carbonyl (C=O) groups excluding carboxylic acids is 1. The third kappa shape index (κ3) is 2.83. The van der Waals surface area contributed by atoms with Crippen molar-refractivity contribution in [3.63, 3.8) is 0 Å². The van der Waals surface area contributed by atoms with Crippen molar-refractivity contribution in [1.29, 1.82) is 0 Å². The molecule has 0 spiro atoms. The van der Waals surface area contributed by atoms with Crippen LogP contribution in [0.1, 0.15) is 25.0 Å². The van der Waals surface area contributed by atoms with Crippen molar-refractivity contribution in [2.45, 2.75) is 31.6 Å². The summed E-state index contributed by atoms with van der Waals surface area (Å²) in [7, 11) is 0. The number of carbonyl (C=O) groups is 1. The highest BCUT2D eigenvalue weighted by molar-refractivity contribution is 7.80. The fourth-order valence-electron chi connectivity index (χ4n) is 2.30. The van der Waals surface area contributed by atoms with Gasteiger partial charge in [-0.1, -0.05) is 19.9 Å². The summed E-state index contributed by atoms with van der Waals surface area (Å²) >= 11 is 4.37. The Kier molecular flexibility index (Phi) is 3.77. The van der Waals surface area contributed by atoms with E-state index in [0.717, 1.165) is 30.8 Å². The molecule has 0 aliphatic carbocycles. The molecule has 3 heteroatoms. The number of nitrogens with zero attached hydrogens (tertiary/aromatic N) is 1. The molecule has 0 N–H and O–H groups in total. The first-order chi connectivity index (χ1) is 8.08. The Morgan fingerprint density at radius 1 is 1.24 bits per heavy atom. The largest absolute Gasteiger partial charge is 0.342 e. The molecule has 0 bridgehead atoms. The van der Waals surface area contributed by atoms with Crippen LogP contribution in [0.15, 0.2) is 23.1 Å². The molecule has 2 nitrogen and oxygen atoms in total. The summed E-state index contributed by atoms with van der Waals surface area (Å²) in [5, 5.41) is 0. The number of amides is 1. The van der Waals surface area contributed by atoms with Gasteiger partial charge in [0.2, 0.25) is 5.91 Å². The van der Waals surface area contributed by atoms with Crippen LogP contribution in [0.4, 0.5) is 0 Å². The summed E-state index contributed by atoms with van der Waals surface area (Å²) in [6.45, 7) is 5.61. The third-order valence-corrected chi connectivity index (χ3v) is 3.58. The van der Waals surface area contributed by atoms with Crippen LogP contribution in [0.5, 0.6) is 0 Å². The molecule has 0 radical (unpaired) electrons. The van der Waals surface area contributed by atoms with E-state index in [1.54, 1.807) is 0 Å². The fraction of sp³-hybridized carbons (Fsp3) is 0.500. The first kappa shape index (κ1) is 12.5. The summed E-state index contributed by atoms with van der Waals surface area (Å²) in [5.74, 6) is 0.362. The molecule has 0 saturated carbocycles. The maximum absolute atomic E-state index is 12.0. The molecule has 92 valence electrons. The number of benzene rings is 1. The molecule has 1 amide bonds. The average molecular weight is 249 g/mol. The molecule has 1 aromatic carbocycles. The maximum atomic E-state index is 12.0. The Hall–Kier alpha value is -0.960. The first-order valence-corrected chi connectivity index (χ1v) is 6.62. The Balaban J connectivity index is 2.14. The van der Waals surface area contributed by atoms with E-state index in [4.69, 9.17) is 0 Å². The van der Waals surface area contributed by atoms with Crippen molar-refractivity contribution >= 4 is 18.5 Å². The van der Waals surface area contributed by atoms with Crippen LogP contribution in [0.25, 0.3) is 0 Å². The zero-order valence-electron chi connectivity index (χ0n) is 10.4. The van der Waals surface area contributed by atoms with E-state index >= 15 is 0 Å². The van der Waals surface area contributed by atoms with E-state index in [-0.39, 0.29) is 11.8 Å². The van der Waals surface area contributed by atoms with Crippen molar-refractivity contribution in [3.05, 3.63) is 29.3 Å². The van der Waals surface area contributed by atoms with Gasteiger partial charge in [-0.3, -0.25) is 4.79 Å². The maximum Gasteiger partial charge on any atom is 0.225 e. The Morgan fingerprint density at radius 3 is 2.53 bits per heavy atom. The number of thiol groups is 1. The van der Waals surface area contributed by atoms with Crippen LogP contribution >= 0.6 is 12.6 Å². The van der Waals surface area contributed by atoms with E-state index in [9.17, 15) is 4.79 Å². The van der Waals surface area contributed by atoms with E-state index in [0.29, 0.717) is 0 Å². The smallest absolute Gasteiger partial charge is 0.225 e. The second-order valence-corrected chi connectivity index (χ2v) is 5.45. The lowest BCUT2D eigenvalue weighted by atomic mass is 10.0. The summed E-state index contributed by atoms with van der Waals surface area (Å²) in [4.78, 5) is 15.0. The molecule has 1 heterocycles. The van der Waals surface area contributed by atoms with Gasteiger partial charge in [-0.05, 0) is 36.1 Å². The molecule has 2 rings (SSSR count). The highest BCUT2D eigenvalue weighted by atomic mass is 32.1. The molecule has 0 aromatic heterocycles. The van der Waals surface area contributed by atoms with Gasteiger partial charge in [-0.15, -0.1) is 12.6 Å². The highest BCUT2D eigenvalue weighted by Gasteiger charge is 2.20. The zero-order valence-corrected chi connectivity index (χ0v) is 11.3. The van der Waals surface area contributed by atoms with E-state index in [1.807, 2.05) is 24.8 Å². The molecule has 0 saturated heterocycles. The second kappa shape index (κ2) is 5.13. The Morgan fingerprint density at radius 2 is 1.88 bits per heavy atom. The molecule has 0 fully saturated rings. The van der Waals surface area contributed by atoms with Gasteiger partial charge in [-0.2, -0.15) is 0 Å². The molecule has 1 aromatic rings. The SMILES string of the molecule is CC(C)C(=O)N1CCc2ccc(S)cc2CC1. The van der Waals surface area contributed by atoms with Gasteiger partial charge in [0.15, 0.2) is 0 Å². The normalized spacial score (nSPS) is 15.6. The molecule has 0 atom stereocenters. The molecule has 1 aliphatic rings. The number of rotatable bonds is 1. The topological polar surface area (TPSA) is 20.3 Å². The number of hydrogen-bond donors (Lipinski definition) is 1. The van der Waals surface area contributed by atoms with Gasteiger partial charge in [0, 0.05) is 23.9 Å². The van der Waals surface area contributed by atoms with Crippen molar-refractivity contribution in [1.82, 2.24) is 4.90 Å². The molecular weight excluding hydrogens is 230 g/mol. The van der Waals surface area contributed by atoms with Crippen LogP contribution in [0, 0.1) is 5.92 Å². The van der Waals surface area contributed by atoms with Gasteiger partial charge < -0.3 is 4.90 Å². The monoisotopic (exact) mass is 249 g/mol. The van der Waals surface area contributed by atoms with Crippen molar-refractivity contribution in [2.24, 2.45) is 5.92 Å². The minimum atomic E-state index is 0.0941. The molecular formula is C14H19NOS. The number of hydrogen-bond acceptors (Lipinski definition) is 2. The van der Waals surface area contributed by atoms with Gasteiger partial charge in [0.05, 0.1) is 0 Å². The van der Waals surface area contributed by atoms with Gasteiger partial charge in [-0.25, -0.2) is 0 Å². The summed E-state index contributed by atoms with van der Waals surface area (Å²) in [6.07, 6.45) is 1.91. The lowest BCUT2D eigenvalue weighted by Crippen LogP contribution is -2.36. The first-order valence-electron chi connectivity index (χ1n) is 6.17. The zero-order chi connectivity index (χ0) is 12.4. The van der Waals surface area contributed by atoms with E-state index < -0.39 is 0 Å². The highest BCUT2D eigenvalue weighted by Crippen LogP contribution is 2.20. The Bertz CT molecular complexity index is 428. The lowest BCUT2D eigenvalue weighted by molar-refractivity contribution is -0.134. The van der Waals surface area contributed by atoms with Crippen LogP contribution in [0.3, 0.4) is 0 Å². The number of fused-ring (bicyclic) bond motifs is 1. The summed E-state index contributed by atoms with van der Waals surface area (Å²) < 4.78 is 0. The lowest BCUT2D eigenvalue weighted by Gasteiger charge is -2.22. The third-order valence-electron chi connectivity index (χ3n) is 3.30. The molecule has 17 heavy (non-hydrogen) atoms. The summed E-state index contributed by atoms with van der Waals surface area (Å²) in [6, 6.07) is 6.30. The molecule has 1 aliphatic heterocycles. The average Bonchev–Trinajstić information content (AvgIpc) is 2.50. The van der Waals surface area contributed by atoms with Gasteiger partial charge in [0.1, 0.15) is 0 Å². The van der Waals surface area contributed by atoms with Crippen LogP contribution in [-0.2, 0) is 17.6 Å².